The van der Waals surface area contributed by atoms with Gasteiger partial charge in [-0.3, -0.25) is 0 Å². The second-order valence-electron chi connectivity index (χ2n) is 5.35. The maximum Gasteiger partial charge on any atom is 0.421 e. The van der Waals surface area contributed by atoms with Gasteiger partial charge in [-0.1, -0.05) is 23.7 Å². The summed E-state index contributed by atoms with van der Waals surface area (Å²) in [6.07, 6.45) is -4.91. The van der Waals surface area contributed by atoms with Gasteiger partial charge in [-0.05, 0) is 42.8 Å². The topological polar surface area (TPSA) is 78.2 Å². The van der Waals surface area contributed by atoms with Crippen LogP contribution >= 0.6 is 11.6 Å². The van der Waals surface area contributed by atoms with E-state index < -0.39 is 27.2 Å². The quantitative estimate of drug-likeness (QED) is 0.865. The van der Waals surface area contributed by atoms with Gasteiger partial charge in [0.25, 0.3) is 0 Å². The number of alkyl halides is 3. The molecular weight excluding hydrogens is 379 g/mol. The van der Waals surface area contributed by atoms with E-state index in [0.717, 1.165) is 30.3 Å². The van der Waals surface area contributed by atoms with Crippen molar-refractivity contribution in [3.63, 3.8) is 0 Å². The van der Waals surface area contributed by atoms with Crippen LogP contribution in [0, 0.1) is 11.3 Å². The van der Waals surface area contributed by atoms with Crippen LogP contribution in [0.25, 0.3) is 0 Å². The summed E-state index contributed by atoms with van der Waals surface area (Å²) in [5, 5.41) is 18.2. The summed E-state index contributed by atoms with van der Waals surface area (Å²) in [6, 6.07) is 9.09. The molecule has 0 spiro atoms. The van der Waals surface area contributed by atoms with Gasteiger partial charge in [0.15, 0.2) is 5.60 Å². The largest absolute Gasteiger partial charge is 0.421 e. The van der Waals surface area contributed by atoms with Crippen molar-refractivity contribution in [2.45, 2.75) is 28.5 Å². The second kappa shape index (κ2) is 6.33. The van der Waals surface area contributed by atoms with Crippen molar-refractivity contribution < 1.29 is 26.7 Å². The summed E-state index contributed by atoms with van der Waals surface area (Å²) in [7, 11) is -4.10. The SMILES string of the molecule is C[C@](O)(c1ccc(S(=O)(=O)c2ccc(C#N)cc2Cl)cc1)C(F)(F)F. The number of halogens is 4. The zero-order chi connectivity index (χ0) is 19.0. The Balaban J connectivity index is 2.48. The van der Waals surface area contributed by atoms with E-state index in [1.165, 1.54) is 12.1 Å². The van der Waals surface area contributed by atoms with E-state index in [1.807, 2.05) is 6.07 Å². The third-order valence-electron chi connectivity index (χ3n) is 3.63. The lowest BCUT2D eigenvalue weighted by Gasteiger charge is -2.26. The van der Waals surface area contributed by atoms with Crippen molar-refractivity contribution in [3.8, 4) is 6.07 Å². The molecule has 0 fully saturated rings. The zero-order valence-electron chi connectivity index (χ0n) is 12.7. The van der Waals surface area contributed by atoms with E-state index in [9.17, 15) is 26.7 Å². The molecular formula is C16H11ClF3NO3S. The molecule has 0 radical (unpaired) electrons. The van der Waals surface area contributed by atoms with Gasteiger partial charge >= 0.3 is 6.18 Å². The molecule has 2 aromatic carbocycles. The Hall–Kier alpha value is -2.08. The minimum absolute atomic E-state index is 0.167. The van der Waals surface area contributed by atoms with Gasteiger partial charge in [0.2, 0.25) is 9.84 Å². The predicted octanol–water partition coefficient (Wildman–Crippen LogP) is 3.81. The van der Waals surface area contributed by atoms with Crippen LogP contribution in [0.1, 0.15) is 18.1 Å². The Bertz CT molecular complexity index is 946. The molecule has 0 saturated heterocycles. The Kier molecular flexibility index (Phi) is 4.88. The lowest BCUT2D eigenvalue weighted by molar-refractivity contribution is -0.258. The van der Waals surface area contributed by atoms with E-state index in [2.05, 4.69) is 0 Å². The van der Waals surface area contributed by atoms with Crippen LogP contribution in [0.2, 0.25) is 5.02 Å². The molecule has 0 aromatic heterocycles. The third-order valence-corrected chi connectivity index (χ3v) is 5.88. The lowest BCUT2D eigenvalue weighted by Crippen LogP contribution is -2.39. The average Bonchev–Trinajstić information content (AvgIpc) is 2.53. The van der Waals surface area contributed by atoms with E-state index in [4.69, 9.17) is 16.9 Å². The maximum absolute atomic E-state index is 12.8. The fourth-order valence-corrected chi connectivity index (χ4v) is 3.83. The number of nitriles is 1. The first-order chi connectivity index (χ1) is 11.4. The molecule has 132 valence electrons. The molecule has 1 N–H and O–H groups in total. The predicted molar refractivity (Wildman–Crippen MR) is 83.7 cm³/mol. The van der Waals surface area contributed by atoms with Gasteiger partial charge < -0.3 is 5.11 Å². The highest BCUT2D eigenvalue weighted by molar-refractivity contribution is 7.91. The maximum atomic E-state index is 12.8. The molecule has 0 heterocycles. The molecule has 1 atom stereocenters. The van der Waals surface area contributed by atoms with E-state index >= 15 is 0 Å². The third kappa shape index (κ3) is 3.49. The van der Waals surface area contributed by atoms with Crippen molar-refractivity contribution in [2.75, 3.05) is 0 Å². The smallest absolute Gasteiger partial charge is 0.376 e. The fraction of sp³-hybridized carbons (Fsp3) is 0.188. The Labute approximate surface area is 147 Å². The van der Waals surface area contributed by atoms with Gasteiger partial charge in [-0.2, -0.15) is 18.4 Å². The first-order valence-electron chi connectivity index (χ1n) is 6.75. The molecule has 9 heteroatoms. The first-order valence-corrected chi connectivity index (χ1v) is 8.62. The van der Waals surface area contributed by atoms with Crippen molar-refractivity contribution in [1.82, 2.24) is 0 Å². The summed E-state index contributed by atoms with van der Waals surface area (Å²) in [5.41, 5.74) is -3.44. The molecule has 0 amide bonds. The second-order valence-corrected chi connectivity index (χ2v) is 7.68. The molecule has 4 nitrogen and oxygen atoms in total. The highest BCUT2D eigenvalue weighted by Crippen LogP contribution is 2.39. The summed E-state index contributed by atoms with van der Waals surface area (Å²) >= 11 is 5.89. The van der Waals surface area contributed by atoms with Gasteiger partial charge in [-0.25, -0.2) is 8.42 Å². The number of sulfone groups is 1. The van der Waals surface area contributed by atoms with E-state index in [-0.39, 0.29) is 20.4 Å². The molecule has 2 aromatic rings. The fourth-order valence-electron chi connectivity index (χ4n) is 2.04. The Morgan fingerprint density at radius 3 is 2.12 bits per heavy atom. The Morgan fingerprint density at radius 1 is 1.12 bits per heavy atom. The number of hydrogen-bond donors (Lipinski definition) is 1. The van der Waals surface area contributed by atoms with Crippen molar-refractivity contribution in [3.05, 3.63) is 58.6 Å². The van der Waals surface area contributed by atoms with Crippen LogP contribution in [-0.4, -0.2) is 19.7 Å². The molecule has 0 aliphatic rings. The molecule has 0 saturated carbocycles. The number of benzene rings is 2. The van der Waals surface area contributed by atoms with Gasteiger partial charge in [0.1, 0.15) is 0 Å². The van der Waals surface area contributed by atoms with Crippen LogP contribution in [0.4, 0.5) is 13.2 Å². The first kappa shape index (κ1) is 19.2. The number of hydrogen-bond acceptors (Lipinski definition) is 4. The van der Waals surface area contributed by atoms with E-state index in [1.54, 1.807) is 0 Å². The minimum Gasteiger partial charge on any atom is -0.376 e. The lowest BCUT2D eigenvalue weighted by atomic mass is 9.96. The van der Waals surface area contributed by atoms with Gasteiger partial charge in [0, 0.05) is 0 Å². The summed E-state index contributed by atoms with van der Waals surface area (Å²) < 4.78 is 63.6. The van der Waals surface area contributed by atoms with Crippen LogP contribution in [0.15, 0.2) is 52.3 Å². The van der Waals surface area contributed by atoms with Crippen LogP contribution in [-0.2, 0) is 15.4 Å². The molecule has 0 bridgehead atoms. The van der Waals surface area contributed by atoms with E-state index in [0.29, 0.717) is 6.92 Å². The van der Waals surface area contributed by atoms with Crippen molar-refractivity contribution in [2.24, 2.45) is 0 Å². The molecule has 25 heavy (non-hydrogen) atoms. The van der Waals surface area contributed by atoms with Crippen LogP contribution in [0.3, 0.4) is 0 Å². The monoisotopic (exact) mass is 389 g/mol. The molecule has 0 unspecified atom stereocenters. The summed E-state index contributed by atoms with van der Waals surface area (Å²) in [6.45, 7) is 0.577. The highest BCUT2D eigenvalue weighted by Gasteiger charge is 2.51. The number of rotatable bonds is 3. The van der Waals surface area contributed by atoms with Gasteiger partial charge in [-0.15, -0.1) is 0 Å². The van der Waals surface area contributed by atoms with Crippen LogP contribution in [0.5, 0.6) is 0 Å². The van der Waals surface area contributed by atoms with Gasteiger partial charge in [0.05, 0.1) is 26.4 Å². The van der Waals surface area contributed by atoms with Crippen LogP contribution < -0.4 is 0 Å². The number of aliphatic hydroxyl groups is 1. The molecule has 0 aliphatic carbocycles. The summed E-state index contributed by atoms with van der Waals surface area (Å²) in [4.78, 5) is -0.565. The number of nitrogens with zero attached hydrogens (tertiary/aromatic N) is 1. The zero-order valence-corrected chi connectivity index (χ0v) is 14.2. The van der Waals surface area contributed by atoms with Crippen molar-refractivity contribution >= 4 is 21.4 Å². The summed E-state index contributed by atoms with van der Waals surface area (Å²) in [5.74, 6) is 0. The Morgan fingerprint density at radius 2 is 1.68 bits per heavy atom. The standard InChI is InChI=1S/C16H11ClF3NO3S/c1-15(22,16(18,19)20)11-3-5-12(6-4-11)25(23,24)14-7-2-10(9-21)8-13(14)17/h2-8,22H,1H3/t15-/m0/s1. The van der Waals surface area contributed by atoms with Crippen molar-refractivity contribution in [1.29, 1.82) is 5.26 Å². The molecule has 0 aliphatic heterocycles. The average molecular weight is 390 g/mol. The minimum atomic E-state index is -4.91. The highest BCUT2D eigenvalue weighted by atomic mass is 35.5. The normalized spacial score (nSPS) is 14.6. The molecule has 2 rings (SSSR count).